The first kappa shape index (κ1) is 16.9. The van der Waals surface area contributed by atoms with Crippen LogP contribution in [0.3, 0.4) is 0 Å². The first-order valence-corrected chi connectivity index (χ1v) is 8.39. The van der Waals surface area contributed by atoms with Gasteiger partial charge in [0.15, 0.2) is 0 Å². The number of benzene rings is 1. The maximum absolute atomic E-state index is 12.8. The minimum absolute atomic E-state index is 0.0597. The molecule has 0 spiro atoms. The standard InChI is InChI=1S/C16H16F3N3OS/c17-16(18,19)11-3-1-2-10(6-11)15-22-13(8-24-15)14(23)21-7-12(20)9-4-5-9/h1-3,6,8-9,12H,4-5,7,20H2,(H,21,23). The lowest BCUT2D eigenvalue weighted by Crippen LogP contribution is -2.38. The van der Waals surface area contributed by atoms with Crippen molar-refractivity contribution >= 4 is 17.2 Å². The maximum atomic E-state index is 12.8. The summed E-state index contributed by atoms with van der Waals surface area (Å²) in [5, 5.41) is 4.63. The molecule has 4 nitrogen and oxygen atoms in total. The van der Waals surface area contributed by atoms with Crippen LogP contribution < -0.4 is 11.1 Å². The lowest BCUT2D eigenvalue weighted by molar-refractivity contribution is -0.137. The van der Waals surface area contributed by atoms with Crippen molar-refractivity contribution in [3.8, 4) is 10.6 Å². The van der Waals surface area contributed by atoms with Crippen LogP contribution >= 0.6 is 11.3 Å². The lowest BCUT2D eigenvalue weighted by Gasteiger charge is -2.10. The predicted molar refractivity (Wildman–Crippen MR) is 85.6 cm³/mol. The largest absolute Gasteiger partial charge is 0.416 e. The molecule has 0 bridgehead atoms. The van der Waals surface area contributed by atoms with Crippen molar-refractivity contribution in [1.29, 1.82) is 0 Å². The fourth-order valence-electron chi connectivity index (χ4n) is 2.33. The second-order valence-electron chi connectivity index (χ2n) is 5.83. The summed E-state index contributed by atoms with van der Waals surface area (Å²) < 4.78 is 38.3. The summed E-state index contributed by atoms with van der Waals surface area (Å²) in [5.41, 5.74) is 5.71. The van der Waals surface area contributed by atoms with Crippen LogP contribution in [0.15, 0.2) is 29.6 Å². The van der Waals surface area contributed by atoms with Crippen LogP contribution in [0.4, 0.5) is 13.2 Å². The normalized spacial score (nSPS) is 16.0. The molecule has 3 N–H and O–H groups in total. The van der Waals surface area contributed by atoms with E-state index in [1.165, 1.54) is 11.4 Å². The van der Waals surface area contributed by atoms with Gasteiger partial charge in [-0.25, -0.2) is 4.98 Å². The first-order chi connectivity index (χ1) is 11.3. The molecular formula is C16H16F3N3OS. The third kappa shape index (κ3) is 3.93. The average molecular weight is 355 g/mol. The number of nitrogens with two attached hydrogens (primary N) is 1. The van der Waals surface area contributed by atoms with Gasteiger partial charge in [0.1, 0.15) is 10.7 Å². The highest BCUT2D eigenvalue weighted by atomic mass is 32.1. The van der Waals surface area contributed by atoms with Crippen LogP contribution in [0.1, 0.15) is 28.9 Å². The second kappa shape index (κ2) is 6.52. The second-order valence-corrected chi connectivity index (χ2v) is 6.69. The zero-order valence-corrected chi connectivity index (χ0v) is 13.5. The molecule has 1 aromatic heterocycles. The quantitative estimate of drug-likeness (QED) is 0.865. The van der Waals surface area contributed by atoms with Crippen molar-refractivity contribution in [2.45, 2.75) is 25.1 Å². The van der Waals surface area contributed by atoms with E-state index in [1.807, 2.05) is 0 Å². The Morgan fingerprint density at radius 3 is 2.83 bits per heavy atom. The molecule has 0 aliphatic heterocycles. The van der Waals surface area contributed by atoms with Gasteiger partial charge in [-0.15, -0.1) is 11.3 Å². The number of nitrogens with zero attached hydrogens (tertiary/aromatic N) is 1. The maximum Gasteiger partial charge on any atom is 0.416 e. The van der Waals surface area contributed by atoms with Gasteiger partial charge in [0, 0.05) is 23.5 Å². The van der Waals surface area contributed by atoms with Crippen molar-refractivity contribution in [3.05, 3.63) is 40.9 Å². The number of alkyl halides is 3. The molecule has 1 amide bonds. The SMILES string of the molecule is NC(CNC(=O)c1csc(-c2cccc(C(F)(F)F)c2)n1)C1CC1. The molecule has 0 radical (unpaired) electrons. The number of hydrogen-bond acceptors (Lipinski definition) is 4. The molecule has 0 saturated heterocycles. The Morgan fingerprint density at radius 2 is 2.17 bits per heavy atom. The van der Waals surface area contributed by atoms with E-state index in [9.17, 15) is 18.0 Å². The molecule has 1 heterocycles. The summed E-state index contributed by atoms with van der Waals surface area (Å²) in [6.07, 6.45) is -2.23. The van der Waals surface area contributed by atoms with Crippen molar-refractivity contribution in [1.82, 2.24) is 10.3 Å². The predicted octanol–water partition coefficient (Wildman–Crippen LogP) is 3.30. The summed E-state index contributed by atoms with van der Waals surface area (Å²) in [6, 6.07) is 4.84. The first-order valence-electron chi connectivity index (χ1n) is 7.51. The van der Waals surface area contributed by atoms with Gasteiger partial charge in [-0.2, -0.15) is 13.2 Å². The van der Waals surface area contributed by atoms with Crippen LogP contribution in [0, 0.1) is 5.92 Å². The van der Waals surface area contributed by atoms with Crippen molar-refractivity contribution < 1.29 is 18.0 Å². The highest BCUT2D eigenvalue weighted by Crippen LogP contribution is 2.33. The summed E-state index contributed by atoms with van der Waals surface area (Å²) in [7, 11) is 0. The van der Waals surface area contributed by atoms with Crippen LogP contribution in [-0.4, -0.2) is 23.5 Å². The number of aromatic nitrogens is 1. The van der Waals surface area contributed by atoms with Gasteiger partial charge >= 0.3 is 6.18 Å². The molecule has 2 aromatic rings. The fraction of sp³-hybridized carbons (Fsp3) is 0.375. The number of carbonyl (C=O) groups is 1. The molecule has 128 valence electrons. The van der Waals surface area contributed by atoms with E-state index in [0.29, 0.717) is 23.0 Å². The van der Waals surface area contributed by atoms with Gasteiger partial charge in [0.25, 0.3) is 5.91 Å². The molecule has 24 heavy (non-hydrogen) atoms. The summed E-state index contributed by atoms with van der Waals surface area (Å²) >= 11 is 1.13. The van der Waals surface area contributed by atoms with Gasteiger partial charge in [0.05, 0.1) is 5.56 Å². The van der Waals surface area contributed by atoms with Gasteiger partial charge in [0.2, 0.25) is 0 Å². The molecule has 1 atom stereocenters. The summed E-state index contributed by atoms with van der Waals surface area (Å²) in [4.78, 5) is 16.2. The molecule has 1 aliphatic carbocycles. The third-order valence-corrected chi connectivity index (χ3v) is 4.79. The minimum Gasteiger partial charge on any atom is -0.349 e. The molecule has 1 aliphatic rings. The topological polar surface area (TPSA) is 68.0 Å². The zero-order chi connectivity index (χ0) is 17.3. The summed E-state index contributed by atoms with van der Waals surface area (Å²) in [5.74, 6) is 0.113. The van der Waals surface area contributed by atoms with Crippen molar-refractivity contribution in [3.63, 3.8) is 0 Å². The van der Waals surface area contributed by atoms with Gasteiger partial charge in [-0.1, -0.05) is 12.1 Å². The molecule has 1 unspecified atom stereocenters. The van der Waals surface area contributed by atoms with Crippen LogP contribution in [0.2, 0.25) is 0 Å². The van der Waals surface area contributed by atoms with Crippen molar-refractivity contribution in [2.75, 3.05) is 6.54 Å². The smallest absolute Gasteiger partial charge is 0.349 e. The Bertz CT molecular complexity index is 740. The van der Waals surface area contributed by atoms with Gasteiger partial charge in [-0.3, -0.25) is 4.79 Å². The fourth-order valence-corrected chi connectivity index (χ4v) is 3.13. The summed E-state index contributed by atoms with van der Waals surface area (Å²) in [6.45, 7) is 0.375. The minimum atomic E-state index is -4.41. The van der Waals surface area contributed by atoms with E-state index in [4.69, 9.17) is 5.73 Å². The molecular weight excluding hydrogens is 339 g/mol. The highest BCUT2D eigenvalue weighted by molar-refractivity contribution is 7.13. The molecule has 1 fully saturated rings. The Balaban J connectivity index is 1.69. The third-order valence-electron chi connectivity index (χ3n) is 3.90. The lowest BCUT2D eigenvalue weighted by atomic mass is 10.1. The number of halogens is 3. The molecule has 1 saturated carbocycles. The zero-order valence-electron chi connectivity index (χ0n) is 12.6. The Kier molecular flexibility index (Phi) is 4.60. The number of rotatable bonds is 5. The van der Waals surface area contributed by atoms with Crippen LogP contribution in [-0.2, 0) is 6.18 Å². The average Bonchev–Trinajstić information content (AvgIpc) is 3.28. The van der Waals surface area contributed by atoms with E-state index in [2.05, 4.69) is 10.3 Å². The van der Waals surface area contributed by atoms with Crippen LogP contribution in [0.25, 0.3) is 10.6 Å². The van der Waals surface area contributed by atoms with Gasteiger partial charge in [-0.05, 0) is 30.9 Å². The molecule has 1 aromatic carbocycles. The van der Waals surface area contributed by atoms with E-state index in [0.717, 1.165) is 36.3 Å². The number of thiazole rings is 1. The number of amides is 1. The number of nitrogens with one attached hydrogen (secondary N) is 1. The van der Waals surface area contributed by atoms with Gasteiger partial charge < -0.3 is 11.1 Å². The van der Waals surface area contributed by atoms with E-state index in [-0.39, 0.29) is 17.6 Å². The van der Waals surface area contributed by atoms with E-state index < -0.39 is 11.7 Å². The van der Waals surface area contributed by atoms with Crippen molar-refractivity contribution in [2.24, 2.45) is 11.7 Å². The monoisotopic (exact) mass is 355 g/mol. The highest BCUT2D eigenvalue weighted by Gasteiger charge is 2.31. The number of hydrogen-bond donors (Lipinski definition) is 2. The Hall–Kier alpha value is -1.93. The van der Waals surface area contributed by atoms with E-state index in [1.54, 1.807) is 6.07 Å². The van der Waals surface area contributed by atoms with E-state index >= 15 is 0 Å². The molecule has 3 rings (SSSR count). The Morgan fingerprint density at radius 1 is 1.42 bits per heavy atom. The molecule has 8 heteroatoms. The van der Waals surface area contributed by atoms with Crippen LogP contribution in [0.5, 0.6) is 0 Å². The Labute approximate surface area is 140 Å². The number of carbonyl (C=O) groups excluding carboxylic acids is 1.